The second kappa shape index (κ2) is 9.13. The molecule has 3 heterocycles. The number of pyridine rings is 1. The molecule has 2 aromatic carbocycles. The summed E-state index contributed by atoms with van der Waals surface area (Å²) in [6, 6.07) is 16.5. The van der Waals surface area contributed by atoms with Gasteiger partial charge in [0.05, 0.1) is 24.2 Å². The SMILES string of the molecule is COc1ccc(S(=O)(=O)N2CCN(Cc3nc4cccnc4n3-c3cccc(F)c3)CC2)cc1. The first kappa shape index (κ1) is 22.5. The molecule has 4 aromatic rings. The molecule has 0 unspecified atom stereocenters. The molecule has 0 radical (unpaired) electrons. The van der Waals surface area contributed by atoms with Gasteiger partial charge in [0.25, 0.3) is 0 Å². The standard InChI is InChI=1S/C24H24FN5O3S/c1-33-20-7-9-21(10-8-20)34(31,32)29-14-12-28(13-15-29)17-23-27-22-6-3-11-26-24(22)30(23)19-5-2-4-18(25)16-19/h2-11,16H,12-15,17H2,1H3. The van der Waals surface area contributed by atoms with Crippen molar-refractivity contribution in [1.29, 1.82) is 0 Å². The molecule has 1 saturated heterocycles. The maximum atomic E-state index is 14.0. The molecule has 5 rings (SSSR count). The Bertz CT molecular complexity index is 1410. The largest absolute Gasteiger partial charge is 0.497 e. The van der Waals surface area contributed by atoms with Crippen LogP contribution in [0.2, 0.25) is 0 Å². The lowest BCUT2D eigenvalue weighted by molar-refractivity contribution is 0.177. The molecule has 176 valence electrons. The number of hydrogen-bond acceptors (Lipinski definition) is 6. The number of halogens is 1. The highest BCUT2D eigenvalue weighted by Gasteiger charge is 2.29. The monoisotopic (exact) mass is 481 g/mol. The predicted octanol–water partition coefficient (Wildman–Crippen LogP) is 3.07. The van der Waals surface area contributed by atoms with E-state index in [1.807, 2.05) is 22.8 Å². The molecule has 0 saturated carbocycles. The van der Waals surface area contributed by atoms with Gasteiger partial charge in [-0.25, -0.2) is 22.8 Å². The van der Waals surface area contributed by atoms with Crippen molar-refractivity contribution in [3.8, 4) is 11.4 Å². The molecule has 0 amide bonds. The molecule has 2 aromatic heterocycles. The van der Waals surface area contributed by atoms with Crippen LogP contribution in [0.3, 0.4) is 0 Å². The summed E-state index contributed by atoms with van der Waals surface area (Å²) in [5.74, 6) is 1.00. The van der Waals surface area contributed by atoms with Gasteiger partial charge in [-0.1, -0.05) is 6.07 Å². The minimum atomic E-state index is -3.58. The lowest BCUT2D eigenvalue weighted by Gasteiger charge is -2.33. The highest BCUT2D eigenvalue weighted by Crippen LogP contribution is 2.24. The van der Waals surface area contributed by atoms with Crippen molar-refractivity contribution in [3.05, 3.63) is 78.5 Å². The summed E-state index contributed by atoms with van der Waals surface area (Å²) in [6.07, 6.45) is 1.69. The predicted molar refractivity (Wildman–Crippen MR) is 126 cm³/mol. The van der Waals surface area contributed by atoms with Gasteiger partial charge in [0, 0.05) is 32.4 Å². The molecule has 0 atom stereocenters. The van der Waals surface area contributed by atoms with Crippen molar-refractivity contribution in [2.24, 2.45) is 0 Å². The van der Waals surface area contributed by atoms with Crippen LogP contribution < -0.4 is 4.74 Å². The molecule has 0 N–H and O–H groups in total. The van der Waals surface area contributed by atoms with Crippen molar-refractivity contribution < 1.29 is 17.5 Å². The first-order chi connectivity index (χ1) is 16.5. The number of methoxy groups -OCH3 is 1. The summed E-state index contributed by atoms with van der Waals surface area (Å²) in [4.78, 5) is 11.6. The molecule has 10 heteroatoms. The average molecular weight is 482 g/mol. The normalized spacial score (nSPS) is 15.6. The zero-order valence-electron chi connectivity index (χ0n) is 18.6. The molecular weight excluding hydrogens is 457 g/mol. The Balaban J connectivity index is 1.35. The number of rotatable bonds is 6. The van der Waals surface area contributed by atoms with Crippen molar-refractivity contribution in [2.75, 3.05) is 33.3 Å². The molecule has 0 aliphatic carbocycles. The van der Waals surface area contributed by atoms with E-state index in [1.54, 1.807) is 43.6 Å². The molecule has 1 aliphatic heterocycles. The molecule has 0 bridgehead atoms. The summed E-state index contributed by atoms with van der Waals surface area (Å²) in [7, 11) is -2.04. The zero-order valence-corrected chi connectivity index (χ0v) is 19.4. The Hall–Kier alpha value is -3.34. The van der Waals surface area contributed by atoms with E-state index < -0.39 is 10.0 Å². The summed E-state index contributed by atoms with van der Waals surface area (Å²) in [6.45, 7) is 2.33. The van der Waals surface area contributed by atoms with Gasteiger partial charge in [-0.05, 0) is 54.6 Å². The second-order valence-electron chi connectivity index (χ2n) is 8.05. The van der Waals surface area contributed by atoms with Crippen LogP contribution in [0, 0.1) is 5.82 Å². The minimum absolute atomic E-state index is 0.251. The van der Waals surface area contributed by atoms with Crippen LogP contribution >= 0.6 is 0 Å². The number of sulfonamides is 1. The number of benzene rings is 2. The van der Waals surface area contributed by atoms with Gasteiger partial charge in [-0.15, -0.1) is 0 Å². The van der Waals surface area contributed by atoms with Gasteiger partial charge in [0.15, 0.2) is 5.65 Å². The lowest BCUT2D eigenvalue weighted by atomic mass is 10.3. The minimum Gasteiger partial charge on any atom is -0.497 e. The molecular formula is C24H24FN5O3S. The van der Waals surface area contributed by atoms with Crippen LogP contribution in [0.25, 0.3) is 16.9 Å². The van der Waals surface area contributed by atoms with Crippen LogP contribution in [0.4, 0.5) is 4.39 Å². The Morgan fingerprint density at radius 3 is 2.47 bits per heavy atom. The fraction of sp³-hybridized carbons (Fsp3) is 0.250. The first-order valence-corrected chi connectivity index (χ1v) is 12.3. The van der Waals surface area contributed by atoms with Crippen molar-refractivity contribution in [2.45, 2.75) is 11.4 Å². The van der Waals surface area contributed by atoms with Gasteiger partial charge < -0.3 is 4.74 Å². The van der Waals surface area contributed by atoms with Gasteiger partial charge in [0.2, 0.25) is 10.0 Å². The maximum Gasteiger partial charge on any atom is 0.243 e. The molecule has 1 fully saturated rings. The third-order valence-corrected chi connectivity index (χ3v) is 7.86. The van der Waals surface area contributed by atoms with Gasteiger partial charge in [-0.3, -0.25) is 9.47 Å². The molecule has 34 heavy (non-hydrogen) atoms. The van der Waals surface area contributed by atoms with Gasteiger partial charge in [-0.2, -0.15) is 4.31 Å². The van der Waals surface area contributed by atoms with Crippen molar-refractivity contribution >= 4 is 21.2 Å². The molecule has 8 nitrogen and oxygen atoms in total. The highest BCUT2D eigenvalue weighted by atomic mass is 32.2. The number of aromatic nitrogens is 3. The Kier molecular flexibility index (Phi) is 6.03. The molecule has 0 spiro atoms. The van der Waals surface area contributed by atoms with E-state index in [1.165, 1.54) is 16.4 Å². The Morgan fingerprint density at radius 2 is 1.76 bits per heavy atom. The number of ether oxygens (including phenoxy) is 1. The van der Waals surface area contributed by atoms with Crippen molar-refractivity contribution in [1.82, 2.24) is 23.7 Å². The van der Waals surface area contributed by atoms with Crippen molar-refractivity contribution in [3.63, 3.8) is 0 Å². The third kappa shape index (κ3) is 4.27. The zero-order chi connectivity index (χ0) is 23.7. The summed E-state index contributed by atoms with van der Waals surface area (Å²) >= 11 is 0. The lowest BCUT2D eigenvalue weighted by Crippen LogP contribution is -2.48. The summed E-state index contributed by atoms with van der Waals surface area (Å²) < 4.78 is 48.5. The fourth-order valence-electron chi connectivity index (χ4n) is 4.18. The van der Waals surface area contributed by atoms with Gasteiger partial charge in [0.1, 0.15) is 22.9 Å². The topological polar surface area (TPSA) is 80.6 Å². The fourth-order valence-corrected chi connectivity index (χ4v) is 5.60. The van der Waals surface area contributed by atoms with Crippen LogP contribution in [-0.2, 0) is 16.6 Å². The average Bonchev–Trinajstić information content (AvgIpc) is 3.22. The van der Waals surface area contributed by atoms with E-state index in [4.69, 9.17) is 9.72 Å². The van der Waals surface area contributed by atoms with E-state index in [0.29, 0.717) is 49.8 Å². The summed E-state index contributed by atoms with van der Waals surface area (Å²) in [5.41, 5.74) is 2.03. The summed E-state index contributed by atoms with van der Waals surface area (Å²) in [5, 5.41) is 0. The van der Waals surface area contributed by atoms with Gasteiger partial charge >= 0.3 is 0 Å². The van der Waals surface area contributed by atoms with Crippen LogP contribution in [-0.4, -0.2) is 65.4 Å². The van der Waals surface area contributed by atoms with E-state index in [-0.39, 0.29) is 10.7 Å². The Morgan fingerprint density at radius 1 is 1.00 bits per heavy atom. The third-order valence-electron chi connectivity index (χ3n) is 5.95. The molecule has 1 aliphatic rings. The second-order valence-corrected chi connectivity index (χ2v) is 9.98. The number of piperazine rings is 1. The number of imidazole rings is 1. The number of hydrogen-bond donors (Lipinski definition) is 0. The number of fused-ring (bicyclic) bond motifs is 1. The number of nitrogens with zero attached hydrogens (tertiary/aromatic N) is 5. The van der Waals surface area contributed by atoms with Crippen LogP contribution in [0.5, 0.6) is 5.75 Å². The quantitative estimate of drug-likeness (QED) is 0.421. The first-order valence-electron chi connectivity index (χ1n) is 10.9. The Labute approximate surface area is 197 Å². The van der Waals surface area contributed by atoms with Crippen LogP contribution in [0.1, 0.15) is 5.82 Å². The van der Waals surface area contributed by atoms with Crippen LogP contribution in [0.15, 0.2) is 71.8 Å². The van der Waals surface area contributed by atoms with E-state index in [2.05, 4.69) is 9.88 Å². The highest BCUT2D eigenvalue weighted by molar-refractivity contribution is 7.89. The van der Waals surface area contributed by atoms with E-state index >= 15 is 0 Å². The smallest absolute Gasteiger partial charge is 0.243 e. The van der Waals surface area contributed by atoms with E-state index in [9.17, 15) is 12.8 Å². The van der Waals surface area contributed by atoms with E-state index in [0.717, 1.165) is 11.3 Å². The maximum absolute atomic E-state index is 14.0.